The van der Waals surface area contributed by atoms with E-state index in [9.17, 15) is 4.79 Å². The van der Waals surface area contributed by atoms with Gasteiger partial charge in [-0.25, -0.2) is 9.78 Å². The highest BCUT2D eigenvalue weighted by Gasteiger charge is 2.10. The molecule has 2 aromatic heterocycles. The van der Waals surface area contributed by atoms with Gasteiger partial charge in [0.05, 0.1) is 13.7 Å². The maximum absolute atomic E-state index is 11.1. The molecule has 0 amide bonds. The van der Waals surface area contributed by atoms with E-state index < -0.39 is 5.97 Å². The maximum Gasteiger partial charge on any atom is 0.373 e. The van der Waals surface area contributed by atoms with Gasteiger partial charge in [0.2, 0.25) is 5.76 Å². The number of furan rings is 1. The third-order valence-electron chi connectivity index (χ3n) is 1.89. The topological polar surface area (TPSA) is 64.4 Å². The second-order valence-electron chi connectivity index (χ2n) is 2.95. The molecule has 2 rings (SSSR count). The highest BCUT2D eigenvalue weighted by Crippen LogP contribution is 2.14. The van der Waals surface area contributed by atoms with Crippen LogP contribution in [0, 0.1) is 0 Å². The Kier molecular flexibility index (Phi) is 3.21. The van der Waals surface area contributed by atoms with Crippen molar-refractivity contribution >= 4 is 22.4 Å². The average molecular weight is 238 g/mol. The second-order valence-corrected chi connectivity index (χ2v) is 3.84. The predicted molar refractivity (Wildman–Crippen MR) is 59.5 cm³/mol. The summed E-state index contributed by atoms with van der Waals surface area (Å²) in [4.78, 5) is 15.2. The SMILES string of the molecule is COC(=O)c1ccc(CNc2nccs2)o1. The van der Waals surface area contributed by atoms with Crippen molar-refractivity contribution in [2.24, 2.45) is 0 Å². The molecule has 1 N–H and O–H groups in total. The summed E-state index contributed by atoms with van der Waals surface area (Å²) in [6.45, 7) is 0.491. The molecule has 0 spiro atoms. The van der Waals surface area contributed by atoms with Gasteiger partial charge in [0.1, 0.15) is 5.76 Å². The molecule has 5 nitrogen and oxygen atoms in total. The molecular weight excluding hydrogens is 228 g/mol. The number of nitrogens with zero attached hydrogens (tertiary/aromatic N) is 1. The molecule has 0 unspecified atom stereocenters. The van der Waals surface area contributed by atoms with Crippen molar-refractivity contribution in [1.82, 2.24) is 4.98 Å². The summed E-state index contributed by atoms with van der Waals surface area (Å²) in [5.74, 6) is 0.398. The smallest absolute Gasteiger partial charge is 0.373 e. The molecule has 0 atom stereocenters. The van der Waals surface area contributed by atoms with Crippen LogP contribution in [-0.2, 0) is 11.3 Å². The van der Waals surface area contributed by atoms with Crippen LogP contribution < -0.4 is 5.32 Å². The fourth-order valence-electron chi connectivity index (χ4n) is 1.16. The molecule has 0 radical (unpaired) electrons. The van der Waals surface area contributed by atoms with E-state index in [2.05, 4.69) is 15.0 Å². The Morgan fingerprint density at radius 2 is 2.50 bits per heavy atom. The average Bonchev–Trinajstić information content (AvgIpc) is 2.96. The number of esters is 1. The summed E-state index contributed by atoms with van der Waals surface area (Å²) in [6, 6.07) is 3.32. The monoisotopic (exact) mass is 238 g/mol. The van der Waals surface area contributed by atoms with Crippen molar-refractivity contribution < 1.29 is 13.9 Å². The van der Waals surface area contributed by atoms with Crippen LogP contribution in [0.25, 0.3) is 0 Å². The first-order chi connectivity index (χ1) is 7.79. The lowest BCUT2D eigenvalue weighted by Crippen LogP contribution is -1.99. The largest absolute Gasteiger partial charge is 0.463 e. The Morgan fingerprint density at radius 1 is 1.62 bits per heavy atom. The first-order valence-electron chi connectivity index (χ1n) is 4.60. The van der Waals surface area contributed by atoms with E-state index in [0.29, 0.717) is 12.3 Å². The van der Waals surface area contributed by atoms with E-state index in [-0.39, 0.29) is 5.76 Å². The lowest BCUT2D eigenvalue weighted by molar-refractivity contribution is 0.0563. The molecular formula is C10H10N2O3S. The van der Waals surface area contributed by atoms with E-state index in [1.165, 1.54) is 18.4 Å². The minimum Gasteiger partial charge on any atom is -0.463 e. The maximum atomic E-state index is 11.1. The standard InChI is InChI=1S/C10H10N2O3S/c1-14-9(13)8-3-2-7(15-8)6-12-10-11-4-5-16-10/h2-5H,6H2,1H3,(H,11,12). The number of nitrogens with one attached hydrogen (secondary N) is 1. The van der Waals surface area contributed by atoms with Crippen LogP contribution in [0.3, 0.4) is 0 Å². The van der Waals surface area contributed by atoms with Crippen LogP contribution in [0.2, 0.25) is 0 Å². The van der Waals surface area contributed by atoms with Gasteiger partial charge in [0.25, 0.3) is 0 Å². The van der Waals surface area contributed by atoms with Crippen molar-refractivity contribution in [2.45, 2.75) is 6.54 Å². The first-order valence-corrected chi connectivity index (χ1v) is 5.48. The molecule has 84 valence electrons. The number of hydrogen-bond acceptors (Lipinski definition) is 6. The number of aromatic nitrogens is 1. The van der Waals surface area contributed by atoms with Crippen molar-refractivity contribution in [3.8, 4) is 0 Å². The molecule has 0 saturated carbocycles. The fourth-order valence-corrected chi connectivity index (χ4v) is 1.68. The second kappa shape index (κ2) is 4.80. The Bertz CT molecular complexity index is 464. The van der Waals surface area contributed by atoms with Gasteiger partial charge in [-0.3, -0.25) is 0 Å². The fraction of sp³-hybridized carbons (Fsp3) is 0.200. The molecule has 16 heavy (non-hydrogen) atoms. The lowest BCUT2D eigenvalue weighted by atomic mass is 10.4. The number of hydrogen-bond donors (Lipinski definition) is 1. The zero-order valence-corrected chi connectivity index (χ0v) is 9.41. The Balaban J connectivity index is 1.95. The normalized spacial score (nSPS) is 10.1. The van der Waals surface area contributed by atoms with Gasteiger partial charge < -0.3 is 14.5 Å². The highest BCUT2D eigenvalue weighted by atomic mass is 32.1. The van der Waals surface area contributed by atoms with Crippen molar-refractivity contribution in [1.29, 1.82) is 0 Å². The molecule has 0 fully saturated rings. The van der Waals surface area contributed by atoms with Gasteiger partial charge in [0, 0.05) is 11.6 Å². The molecule has 0 aliphatic carbocycles. The number of thiazole rings is 1. The summed E-state index contributed by atoms with van der Waals surface area (Å²) in [5, 5.41) is 5.77. The molecule has 0 aromatic carbocycles. The van der Waals surface area contributed by atoms with Gasteiger partial charge >= 0.3 is 5.97 Å². The van der Waals surface area contributed by atoms with E-state index in [1.807, 2.05) is 5.38 Å². The summed E-state index contributed by atoms with van der Waals surface area (Å²) >= 11 is 1.50. The van der Waals surface area contributed by atoms with Crippen LogP contribution in [0.1, 0.15) is 16.3 Å². The molecule has 2 heterocycles. The minimum atomic E-state index is -0.472. The van der Waals surface area contributed by atoms with Gasteiger partial charge in [-0.05, 0) is 12.1 Å². The van der Waals surface area contributed by atoms with E-state index in [4.69, 9.17) is 4.42 Å². The minimum absolute atomic E-state index is 0.207. The van der Waals surface area contributed by atoms with Crippen LogP contribution >= 0.6 is 11.3 Å². The predicted octanol–water partition coefficient (Wildman–Crippen LogP) is 2.13. The molecule has 0 aliphatic rings. The number of carbonyl (C=O) groups excluding carboxylic acids is 1. The zero-order chi connectivity index (χ0) is 11.4. The van der Waals surface area contributed by atoms with Crippen molar-refractivity contribution in [3.63, 3.8) is 0 Å². The van der Waals surface area contributed by atoms with Crippen LogP contribution in [0.5, 0.6) is 0 Å². The number of rotatable bonds is 4. The number of carbonyl (C=O) groups is 1. The highest BCUT2D eigenvalue weighted by molar-refractivity contribution is 7.13. The molecule has 6 heteroatoms. The van der Waals surface area contributed by atoms with Gasteiger partial charge in [0.15, 0.2) is 5.13 Å². The summed E-state index contributed by atoms with van der Waals surface area (Å²) in [5.41, 5.74) is 0. The van der Waals surface area contributed by atoms with Crippen LogP contribution in [0.15, 0.2) is 28.1 Å². The van der Waals surface area contributed by atoms with Crippen molar-refractivity contribution in [2.75, 3.05) is 12.4 Å². The van der Waals surface area contributed by atoms with E-state index >= 15 is 0 Å². The number of methoxy groups -OCH3 is 1. The quantitative estimate of drug-likeness (QED) is 0.827. The van der Waals surface area contributed by atoms with Crippen molar-refractivity contribution in [3.05, 3.63) is 35.2 Å². The lowest BCUT2D eigenvalue weighted by Gasteiger charge is -1.98. The summed E-state index contributed by atoms with van der Waals surface area (Å²) < 4.78 is 9.81. The molecule has 2 aromatic rings. The summed E-state index contributed by atoms with van der Waals surface area (Å²) in [7, 11) is 1.32. The van der Waals surface area contributed by atoms with Gasteiger partial charge in [-0.1, -0.05) is 0 Å². The zero-order valence-electron chi connectivity index (χ0n) is 8.60. The molecule has 0 bridgehead atoms. The molecule has 0 aliphatic heterocycles. The van der Waals surface area contributed by atoms with Crippen LogP contribution in [0.4, 0.5) is 5.13 Å². The van der Waals surface area contributed by atoms with Gasteiger partial charge in [-0.15, -0.1) is 11.3 Å². The van der Waals surface area contributed by atoms with E-state index in [0.717, 1.165) is 5.13 Å². The Labute approximate surface area is 96.1 Å². The first kappa shape index (κ1) is 10.7. The third-order valence-corrected chi connectivity index (χ3v) is 2.63. The Morgan fingerprint density at radius 3 is 3.19 bits per heavy atom. The van der Waals surface area contributed by atoms with Crippen LogP contribution in [-0.4, -0.2) is 18.1 Å². The third kappa shape index (κ3) is 2.40. The van der Waals surface area contributed by atoms with Gasteiger partial charge in [-0.2, -0.15) is 0 Å². The summed E-state index contributed by atoms with van der Waals surface area (Å²) in [6.07, 6.45) is 1.72. The number of anilines is 1. The Hall–Kier alpha value is -1.82. The number of ether oxygens (including phenoxy) is 1. The molecule has 0 saturated heterocycles. The van der Waals surface area contributed by atoms with E-state index in [1.54, 1.807) is 18.3 Å².